The number of amides is 3. The quantitative estimate of drug-likeness (QED) is 0.502. The minimum atomic E-state index is -0.969. The van der Waals surface area contributed by atoms with E-state index in [4.69, 9.17) is 23.2 Å². The Morgan fingerprint density at radius 3 is 2.24 bits per heavy atom. The van der Waals surface area contributed by atoms with E-state index in [-0.39, 0.29) is 41.9 Å². The number of hydrogen-bond acceptors (Lipinski definition) is 3. The third kappa shape index (κ3) is 3.32. The van der Waals surface area contributed by atoms with Crippen molar-refractivity contribution in [1.82, 2.24) is 4.90 Å². The van der Waals surface area contributed by atoms with Crippen molar-refractivity contribution in [3.05, 3.63) is 76.3 Å². The van der Waals surface area contributed by atoms with Crippen LogP contribution in [-0.2, 0) is 20.8 Å². The average Bonchev–Trinajstić information content (AvgIpc) is 3.59. The van der Waals surface area contributed by atoms with Crippen molar-refractivity contribution in [2.75, 3.05) is 5.32 Å². The molecule has 1 aliphatic heterocycles. The number of rotatable bonds is 5. The lowest BCUT2D eigenvalue weighted by Gasteiger charge is -2.37. The van der Waals surface area contributed by atoms with Gasteiger partial charge in [-0.15, -0.1) is 0 Å². The van der Waals surface area contributed by atoms with Crippen molar-refractivity contribution in [2.24, 2.45) is 35.5 Å². The van der Waals surface area contributed by atoms with Crippen LogP contribution in [0, 0.1) is 35.5 Å². The number of carbonyl (C=O) groups excluding carboxylic acids is 3. The van der Waals surface area contributed by atoms with Gasteiger partial charge >= 0.3 is 0 Å². The van der Waals surface area contributed by atoms with E-state index in [0.717, 1.165) is 12.0 Å². The van der Waals surface area contributed by atoms with Crippen LogP contribution in [0.3, 0.4) is 0 Å². The zero-order valence-electron chi connectivity index (χ0n) is 17.7. The molecule has 0 aromatic heterocycles. The summed E-state index contributed by atoms with van der Waals surface area (Å²) in [5.41, 5.74) is 1.22. The van der Waals surface area contributed by atoms with Crippen molar-refractivity contribution in [3.63, 3.8) is 0 Å². The molecule has 4 aliphatic carbocycles. The van der Waals surface area contributed by atoms with Crippen molar-refractivity contribution < 1.29 is 14.4 Å². The normalized spacial score (nSPS) is 31.9. The fourth-order valence-corrected chi connectivity index (χ4v) is 6.57. The maximum absolute atomic E-state index is 13.7. The number of likely N-dealkylation sites (tertiary alicyclic amines) is 1. The first-order valence-electron chi connectivity index (χ1n) is 11.3. The number of anilines is 1. The summed E-state index contributed by atoms with van der Waals surface area (Å²) in [7, 11) is 0. The Morgan fingerprint density at radius 1 is 0.970 bits per heavy atom. The molecular weight excluding hydrogens is 459 g/mol. The van der Waals surface area contributed by atoms with Gasteiger partial charge in [-0.3, -0.25) is 19.3 Å². The van der Waals surface area contributed by atoms with Crippen molar-refractivity contribution in [2.45, 2.75) is 18.9 Å². The summed E-state index contributed by atoms with van der Waals surface area (Å²) in [5.74, 6) is -0.369. The maximum atomic E-state index is 13.7. The Hall–Kier alpha value is -2.63. The van der Waals surface area contributed by atoms with Gasteiger partial charge in [0.1, 0.15) is 6.04 Å². The summed E-state index contributed by atoms with van der Waals surface area (Å²) in [5, 5.41) is 3.57. The zero-order chi connectivity index (χ0) is 22.9. The van der Waals surface area contributed by atoms with Gasteiger partial charge in [0, 0.05) is 11.4 Å². The maximum Gasteiger partial charge on any atom is 0.248 e. The molecule has 7 atom stereocenters. The van der Waals surface area contributed by atoms with Crippen LogP contribution in [0.1, 0.15) is 12.0 Å². The van der Waals surface area contributed by atoms with Crippen LogP contribution in [-0.4, -0.2) is 28.7 Å². The first-order chi connectivity index (χ1) is 15.9. The number of benzene rings is 2. The highest BCUT2D eigenvalue weighted by molar-refractivity contribution is 6.35. The molecule has 2 bridgehead atoms. The first kappa shape index (κ1) is 20.9. The largest absolute Gasteiger partial charge is 0.323 e. The Balaban J connectivity index is 1.34. The summed E-state index contributed by atoms with van der Waals surface area (Å²) in [6, 6.07) is 13.3. The Morgan fingerprint density at radius 2 is 1.61 bits per heavy atom. The lowest BCUT2D eigenvalue weighted by atomic mass is 9.63. The zero-order valence-corrected chi connectivity index (χ0v) is 19.2. The van der Waals surface area contributed by atoms with Gasteiger partial charge in [-0.2, -0.15) is 0 Å². The van der Waals surface area contributed by atoms with Gasteiger partial charge in [-0.1, -0.05) is 65.7 Å². The van der Waals surface area contributed by atoms with Crippen LogP contribution < -0.4 is 5.32 Å². The molecule has 2 aromatic rings. The second kappa shape index (κ2) is 7.71. The molecule has 2 saturated carbocycles. The van der Waals surface area contributed by atoms with Gasteiger partial charge in [0.05, 0.1) is 22.5 Å². The van der Waals surface area contributed by atoms with Crippen molar-refractivity contribution in [3.8, 4) is 0 Å². The number of imide groups is 1. The molecule has 2 aromatic carbocycles. The SMILES string of the molecule is O=C(Nc1cc(Cl)ccc1Cl)[C@@H](Cc1ccccc1)N1C(=O)[C@H]2[C@@H]3C=C[C@H]([C@H]4C[C@H]34)[C@@H]2C1=O. The summed E-state index contributed by atoms with van der Waals surface area (Å²) in [6.45, 7) is 0. The minimum absolute atomic E-state index is 0.106. The van der Waals surface area contributed by atoms with E-state index in [2.05, 4.69) is 17.5 Å². The van der Waals surface area contributed by atoms with Gasteiger partial charge in [0.15, 0.2) is 0 Å². The molecule has 1 saturated heterocycles. The predicted octanol–water partition coefficient (Wildman–Crippen LogP) is 4.60. The van der Waals surface area contributed by atoms with Crippen LogP contribution in [0.25, 0.3) is 0 Å². The Labute approximate surface area is 201 Å². The van der Waals surface area contributed by atoms with E-state index in [1.54, 1.807) is 18.2 Å². The van der Waals surface area contributed by atoms with Gasteiger partial charge in [-0.05, 0) is 53.9 Å². The molecule has 5 aliphatic rings. The third-order valence-electron chi connectivity index (χ3n) is 7.77. The van der Waals surface area contributed by atoms with Gasteiger partial charge < -0.3 is 5.32 Å². The number of halogens is 2. The molecule has 1 N–H and O–H groups in total. The molecule has 1 heterocycles. The summed E-state index contributed by atoms with van der Waals surface area (Å²) >= 11 is 12.3. The molecule has 5 nitrogen and oxygen atoms in total. The highest BCUT2D eigenvalue weighted by Gasteiger charge is 2.67. The Kier molecular flexibility index (Phi) is 4.89. The molecular formula is C26H22Cl2N2O3. The smallest absolute Gasteiger partial charge is 0.248 e. The molecule has 0 radical (unpaired) electrons. The van der Waals surface area contributed by atoms with Gasteiger partial charge in [-0.25, -0.2) is 0 Å². The second-order valence-electron chi connectivity index (χ2n) is 9.52. The first-order valence-corrected chi connectivity index (χ1v) is 12.0. The lowest BCUT2D eigenvalue weighted by molar-refractivity contribution is -0.146. The molecule has 7 heteroatoms. The summed E-state index contributed by atoms with van der Waals surface area (Å²) in [4.78, 5) is 42.1. The fourth-order valence-electron chi connectivity index (χ4n) is 6.24. The molecule has 0 unspecified atom stereocenters. The average molecular weight is 481 g/mol. The van der Waals surface area contributed by atoms with E-state index in [9.17, 15) is 14.4 Å². The lowest BCUT2D eigenvalue weighted by Crippen LogP contribution is -2.49. The number of carbonyl (C=O) groups is 3. The standard InChI is InChI=1S/C26H22Cl2N2O3/c27-14-6-9-19(28)20(11-14)29-24(31)21(10-13-4-2-1-3-5-13)30-25(32)22-15-7-8-16(18-12-17(15)18)23(22)26(30)33/h1-9,11,15-18,21-23H,10,12H2,(H,29,31)/t15-,16-,17-,18-,21-,22+,23+/m1/s1. The van der Waals surface area contributed by atoms with E-state index in [1.165, 1.54) is 4.90 Å². The second-order valence-corrected chi connectivity index (χ2v) is 10.4. The van der Waals surface area contributed by atoms with Crippen LogP contribution in [0.5, 0.6) is 0 Å². The summed E-state index contributed by atoms with van der Waals surface area (Å²) < 4.78 is 0. The van der Waals surface area contributed by atoms with Crippen molar-refractivity contribution in [1.29, 1.82) is 0 Å². The molecule has 0 spiro atoms. The van der Waals surface area contributed by atoms with Crippen LogP contribution in [0.15, 0.2) is 60.7 Å². The fraction of sp³-hybridized carbons (Fsp3) is 0.346. The Bertz CT molecular complexity index is 1160. The van der Waals surface area contributed by atoms with E-state index in [1.807, 2.05) is 30.3 Å². The topological polar surface area (TPSA) is 66.5 Å². The van der Waals surface area contributed by atoms with E-state index >= 15 is 0 Å². The molecule has 33 heavy (non-hydrogen) atoms. The van der Waals surface area contributed by atoms with Crippen LogP contribution in [0.4, 0.5) is 5.69 Å². The van der Waals surface area contributed by atoms with E-state index < -0.39 is 11.9 Å². The molecule has 3 fully saturated rings. The van der Waals surface area contributed by atoms with Crippen molar-refractivity contribution >= 4 is 46.6 Å². The van der Waals surface area contributed by atoms with Gasteiger partial charge in [0.25, 0.3) is 0 Å². The third-order valence-corrected chi connectivity index (χ3v) is 8.33. The highest BCUT2D eigenvalue weighted by atomic mass is 35.5. The van der Waals surface area contributed by atoms with Crippen LogP contribution in [0.2, 0.25) is 10.0 Å². The number of nitrogens with zero attached hydrogens (tertiary/aromatic N) is 1. The monoisotopic (exact) mass is 480 g/mol. The summed E-state index contributed by atoms with van der Waals surface area (Å²) in [6.07, 6.45) is 5.59. The minimum Gasteiger partial charge on any atom is -0.323 e. The van der Waals surface area contributed by atoms with Gasteiger partial charge in [0.2, 0.25) is 17.7 Å². The molecule has 7 rings (SSSR count). The van der Waals surface area contributed by atoms with Crippen LogP contribution >= 0.6 is 23.2 Å². The predicted molar refractivity (Wildman–Crippen MR) is 126 cm³/mol. The number of allylic oxidation sites excluding steroid dienone is 2. The van der Waals surface area contributed by atoms with E-state index in [0.29, 0.717) is 27.6 Å². The number of hydrogen-bond donors (Lipinski definition) is 1. The molecule has 3 amide bonds. The number of nitrogens with one attached hydrogen (secondary N) is 1. The highest BCUT2D eigenvalue weighted by Crippen LogP contribution is 2.65. The molecule has 168 valence electrons.